The molecule has 3 aromatic rings. The van der Waals surface area contributed by atoms with E-state index in [4.69, 9.17) is 0 Å². The van der Waals surface area contributed by atoms with E-state index in [0.29, 0.717) is 18.0 Å². The number of hydrogen-bond acceptors (Lipinski definition) is 4. The number of anilines is 1. The molecule has 2 N–H and O–H groups in total. The van der Waals surface area contributed by atoms with Gasteiger partial charge < -0.3 is 5.32 Å². The number of benzene rings is 1. The molecule has 0 unspecified atom stereocenters. The van der Waals surface area contributed by atoms with Crippen molar-refractivity contribution in [2.75, 3.05) is 11.9 Å². The SMILES string of the molecule is Cc1cc(F)ccc1CCNc1cc2n[nH]c(=O)n2cn1. The van der Waals surface area contributed by atoms with Crippen LogP contribution in [0.4, 0.5) is 10.2 Å². The predicted octanol–water partition coefficient (Wildman–Crippen LogP) is 1.52. The number of fused-ring (bicyclic) bond motifs is 1. The zero-order valence-electron chi connectivity index (χ0n) is 11.4. The van der Waals surface area contributed by atoms with Crippen LogP contribution in [0.25, 0.3) is 5.65 Å². The average Bonchev–Trinajstić information content (AvgIpc) is 2.82. The first-order valence-corrected chi connectivity index (χ1v) is 6.55. The zero-order chi connectivity index (χ0) is 14.8. The van der Waals surface area contributed by atoms with Crippen molar-refractivity contribution in [2.24, 2.45) is 0 Å². The third-order valence-electron chi connectivity index (χ3n) is 3.31. The van der Waals surface area contributed by atoms with Gasteiger partial charge in [-0.05, 0) is 36.6 Å². The van der Waals surface area contributed by atoms with E-state index < -0.39 is 0 Å². The maximum Gasteiger partial charge on any atom is 0.348 e. The highest BCUT2D eigenvalue weighted by Gasteiger charge is 2.03. The number of halogens is 1. The summed E-state index contributed by atoms with van der Waals surface area (Å²) in [5, 5.41) is 9.39. The quantitative estimate of drug-likeness (QED) is 0.763. The van der Waals surface area contributed by atoms with Gasteiger partial charge in [-0.3, -0.25) is 0 Å². The van der Waals surface area contributed by atoms with E-state index in [2.05, 4.69) is 20.5 Å². The Morgan fingerprint density at radius 3 is 3.05 bits per heavy atom. The molecule has 0 saturated heterocycles. The Morgan fingerprint density at radius 1 is 1.38 bits per heavy atom. The van der Waals surface area contributed by atoms with Crippen molar-refractivity contribution < 1.29 is 4.39 Å². The highest BCUT2D eigenvalue weighted by atomic mass is 19.1. The second-order valence-electron chi connectivity index (χ2n) is 4.78. The van der Waals surface area contributed by atoms with Crippen LogP contribution in [0, 0.1) is 12.7 Å². The maximum absolute atomic E-state index is 13.0. The van der Waals surface area contributed by atoms with E-state index in [1.807, 2.05) is 6.92 Å². The summed E-state index contributed by atoms with van der Waals surface area (Å²) in [5.74, 6) is 0.418. The molecule has 6 nitrogen and oxygen atoms in total. The number of aromatic amines is 1. The molecular weight excluding hydrogens is 273 g/mol. The minimum Gasteiger partial charge on any atom is -0.370 e. The van der Waals surface area contributed by atoms with Gasteiger partial charge in [0.05, 0.1) is 0 Å². The Hall–Kier alpha value is -2.70. The second kappa shape index (κ2) is 5.35. The van der Waals surface area contributed by atoms with Gasteiger partial charge in [0.2, 0.25) is 0 Å². The molecule has 2 heterocycles. The van der Waals surface area contributed by atoms with Crippen molar-refractivity contribution in [3.63, 3.8) is 0 Å². The van der Waals surface area contributed by atoms with Crippen LogP contribution in [0.3, 0.4) is 0 Å². The molecule has 2 aromatic heterocycles. The Balaban J connectivity index is 1.67. The van der Waals surface area contributed by atoms with Gasteiger partial charge in [-0.1, -0.05) is 6.07 Å². The molecule has 0 saturated carbocycles. The van der Waals surface area contributed by atoms with Gasteiger partial charge in [0.1, 0.15) is 18.0 Å². The van der Waals surface area contributed by atoms with Crippen molar-refractivity contribution in [3.05, 3.63) is 58.0 Å². The van der Waals surface area contributed by atoms with Crippen LogP contribution in [0.2, 0.25) is 0 Å². The van der Waals surface area contributed by atoms with Crippen molar-refractivity contribution >= 4 is 11.5 Å². The van der Waals surface area contributed by atoms with Crippen LogP contribution in [0.1, 0.15) is 11.1 Å². The van der Waals surface area contributed by atoms with Crippen LogP contribution < -0.4 is 11.0 Å². The van der Waals surface area contributed by atoms with Gasteiger partial charge in [-0.2, -0.15) is 5.10 Å². The molecular formula is C14H14FN5O. The fourth-order valence-electron chi connectivity index (χ4n) is 2.17. The normalized spacial score (nSPS) is 11.0. The third kappa shape index (κ3) is 2.76. The molecule has 0 aliphatic heterocycles. The molecule has 0 aliphatic rings. The molecule has 0 amide bonds. The summed E-state index contributed by atoms with van der Waals surface area (Å²) in [7, 11) is 0. The molecule has 0 atom stereocenters. The molecule has 7 heteroatoms. The molecule has 0 aliphatic carbocycles. The first-order valence-electron chi connectivity index (χ1n) is 6.55. The lowest BCUT2D eigenvalue weighted by Gasteiger charge is -2.08. The van der Waals surface area contributed by atoms with Gasteiger partial charge in [0, 0.05) is 12.6 Å². The monoisotopic (exact) mass is 287 g/mol. The van der Waals surface area contributed by atoms with Gasteiger partial charge in [-0.15, -0.1) is 0 Å². The summed E-state index contributed by atoms with van der Waals surface area (Å²) in [5.41, 5.74) is 2.21. The zero-order valence-corrected chi connectivity index (χ0v) is 11.4. The Labute approximate surface area is 119 Å². The molecule has 1 aromatic carbocycles. The summed E-state index contributed by atoms with van der Waals surface area (Å²) in [6.07, 6.45) is 2.18. The van der Waals surface area contributed by atoms with Gasteiger partial charge in [0.15, 0.2) is 5.65 Å². The van der Waals surface area contributed by atoms with E-state index in [-0.39, 0.29) is 11.5 Å². The Kier molecular flexibility index (Phi) is 3.39. The number of nitrogens with one attached hydrogen (secondary N) is 2. The smallest absolute Gasteiger partial charge is 0.348 e. The molecule has 21 heavy (non-hydrogen) atoms. The standard InChI is InChI=1S/C14H14FN5O/c1-9-6-11(15)3-2-10(9)4-5-16-12-7-13-18-19-14(21)20(13)8-17-12/h2-3,6-8,16H,4-5H2,1H3,(H,19,21). The lowest BCUT2D eigenvalue weighted by Crippen LogP contribution is -2.11. The lowest BCUT2D eigenvalue weighted by molar-refractivity contribution is 0.625. The summed E-state index contributed by atoms with van der Waals surface area (Å²) in [6, 6.07) is 6.46. The van der Waals surface area contributed by atoms with Crippen LogP contribution in [-0.2, 0) is 6.42 Å². The second-order valence-corrected chi connectivity index (χ2v) is 4.78. The number of H-pyrrole nitrogens is 1. The molecule has 0 radical (unpaired) electrons. The summed E-state index contributed by atoms with van der Waals surface area (Å²) in [6.45, 7) is 2.54. The summed E-state index contributed by atoms with van der Waals surface area (Å²) in [4.78, 5) is 15.4. The minimum atomic E-state index is -0.314. The average molecular weight is 287 g/mol. The lowest BCUT2D eigenvalue weighted by atomic mass is 10.1. The van der Waals surface area contributed by atoms with Crippen LogP contribution in [0.5, 0.6) is 0 Å². The van der Waals surface area contributed by atoms with Crippen molar-refractivity contribution in [2.45, 2.75) is 13.3 Å². The fraction of sp³-hybridized carbons (Fsp3) is 0.214. The molecule has 0 spiro atoms. The highest BCUT2D eigenvalue weighted by molar-refractivity contribution is 5.48. The first-order chi connectivity index (χ1) is 10.1. The Morgan fingerprint density at radius 2 is 2.24 bits per heavy atom. The van der Waals surface area contributed by atoms with E-state index in [1.54, 1.807) is 12.1 Å². The minimum absolute atomic E-state index is 0.222. The molecule has 0 fully saturated rings. The first kappa shape index (κ1) is 13.3. The Bertz CT molecular complexity index is 839. The number of aromatic nitrogens is 4. The van der Waals surface area contributed by atoms with Crippen molar-refractivity contribution in [1.82, 2.24) is 19.6 Å². The fourth-order valence-corrected chi connectivity index (χ4v) is 2.17. The summed E-state index contributed by atoms with van der Waals surface area (Å²) < 4.78 is 14.4. The number of nitrogens with zero attached hydrogens (tertiary/aromatic N) is 3. The van der Waals surface area contributed by atoms with Crippen LogP contribution in [-0.4, -0.2) is 26.1 Å². The van der Waals surface area contributed by atoms with Crippen LogP contribution >= 0.6 is 0 Å². The van der Waals surface area contributed by atoms with Gasteiger partial charge >= 0.3 is 5.69 Å². The van der Waals surface area contributed by atoms with Crippen LogP contribution in [0.15, 0.2) is 35.4 Å². The molecule has 108 valence electrons. The van der Waals surface area contributed by atoms with E-state index >= 15 is 0 Å². The van der Waals surface area contributed by atoms with E-state index in [1.165, 1.54) is 22.9 Å². The largest absolute Gasteiger partial charge is 0.370 e. The molecule has 3 rings (SSSR count). The number of rotatable bonds is 4. The number of hydrogen-bond donors (Lipinski definition) is 2. The van der Waals surface area contributed by atoms with Gasteiger partial charge in [0.25, 0.3) is 0 Å². The predicted molar refractivity (Wildman–Crippen MR) is 76.9 cm³/mol. The van der Waals surface area contributed by atoms with Gasteiger partial charge in [-0.25, -0.2) is 23.7 Å². The summed E-state index contributed by atoms with van der Waals surface area (Å²) >= 11 is 0. The van der Waals surface area contributed by atoms with Crippen molar-refractivity contribution in [3.8, 4) is 0 Å². The molecule has 0 bridgehead atoms. The number of aryl methyl sites for hydroxylation is 1. The third-order valence-corrected chi connectivity index (χ3v) is 3.31. The van der Waals surface area contributed by atoms with Crippen molar-refractivity contribution in [1.29, 1.82) is 0 Å². The highest BCUT2D eigenvalue weighted by Crippen LogP contribution is 2.11. The van der Waals surface area contributed by atoms with E-state index in [9.17, 15) is 9.18 Å². The topological polar surface area (TPSA) is 75.1 Å². The van der Waals surface area contributed by atoms with E-state index in [0.717, 1.165) is 17.5 Å². The maximum atomic E-state index is 13.0.